The smallest absolute Gasteiger partial charge is 0.430 e. The van der Waals surface area contributed by atoms with Crippen molar-refractivity contribution in [1.29, 1.82) is 0 Å². The Morgan fingerprint density at radius 1 is 1.05 bits per heavy atom. The van der Waals surface area contributed by atoms with Crippen LogP contribution in [-0.4, -0.2) is 30.6 Å². The second kappa shape index (κ2) is 4.44. The molecule has 0 saturated heterocycles. The molecule has 0 saturated carbocycles. The number of ether oxygens (including phenoxy) is 1. The summed E-state index contributed by atoms with van der Waals surface area (Å²) in [7, 11) is 0. The second-order valence-corrected chi connectivity index (χ2v) is 4.19. The highest BCUT2D eigenvalue weighted by molar-refractivity contribution is 5.59. The van der Waals surface area contributed by atoms with Gasteiger partial charge in [0.05, 0.1) is 5.69 Å². The van der Waals surface area contributed by atoms with Crippen molar-refractivity contribution < 1.29 is 36.2 Å². The highest BCUT2D eigenvalue weighted by Gasteiger charge is 2.71. The fourth-order valence-corrected chi connectivity index (χ4v) is 1.85. The van der Waals surface area contributed by atoms with Crippen LogP contribution >= 0.6 is 0 Å². The normalized spacial score (nSPS) is 16.1. The standard InChI is InChI=1S/C11H9F6NO2/c12-10(13,14)9(19,11(15,16)17)6-1-2-7-8(5-6)20-4-3-18-7/h1-2,5,18-19H,3-4H2. The predicted octanol–water partition coefficient (Wildman–Crippen LogP) is 2.80. The molecular formula is C11H9F6NO2. The Kier molecular flexibility index (Phi) is 3.28. The fraction of sp³-hybridized carbons (Fsp3) is 0.455. The number of hydrogen-bond donors (Lipinski definition) is 2. The summed E-state index contributed by atoms with van der Waals surface area (Å²) in [4.78, 5) is 0. The maximum absolute atomic E-state index is 12.7. The van der Waals surface area contributed by atoms with Crippen molar-refractivity contribution >= 4 is 5.69 Å². The zero-order valence-electron chi connectivity index (χ0n) is 9.77. The first-order chi connectivity index (χ1) is 9.07. The summed E-state index contributed by atoms with van der Waals surface area (Å²) < 4.78 is 81.1. The molecule has 20 heavy (non-hydrogen) atoms. The molecule has 9 heteroatoms. The van der Waals surface area contributed by atoms with E-state index in [0.29, 0.717) is 18.7 Å². The first-order valence-corrected chi connectivity index (χ1v) is 5.44. The Balaban J connectivity index is 2.56. The van der Waals surface area contributed by atoms with Crippen molar-refractivity contribution in [2.45, 2.75) is 18.0 Å². The molecule has 0 fully saturated rings. The number of alkyl halides is 6. The van der Waals surface area contributed by atoms with E-state index in [1.54, 1.807) is 0 Å². The van der Waals surface area contributed by atoms with Crippen molar-refractivity contribution in [3.8, 4) is 5.75 Å². The number of fused-ring (bicyclic) bond motifs is 1. The van der Waals surface area contributed by atoms with Gasteiger partial charge in [0, 0.05) is 12.1 Å². The Hall–Kier alpha value is -1.64. The predicted molar refractivity (Wildman–Crippen MR) is 56.4 cm³/mol. The van der Waals surface area contributed by atoms with E-state index in [0.717, 1.165) is 6.07 Å². The molecule has 2 rings (SSSR count). The molecule has 2 N–H and O–H groups in total. The largest absolute Gasteiger partial charge is 0.490 e. The van der Waals surface area contributed by atoms with E-state index in [-0.39, 0.29) is 18.0 Å². The van der Waals surface area contributed by atoms with Crippen LogP contribution in [0.1, 0.15) is 5.56 Å². The van der Waals surface area contributed by atoms with Gasteiger partial charge in [-0.1, -0.05) is 6.07 Å². The van der Waals surface area contributed by atoms with Crippen LogP contribution in [0.3, 0.4) is 0 Å². The van der Waals surface area contributed by atoms with Gasteiger partial charge in [0.2, 0.25) is 0 Å². The van der Waals surface area contributed by atoms with E-state index in [1.807, 2.05) is 0 Å². The summed E-state index contributed by atoms with van der Waals surface area (Å²) in [5, 5.41) is 12.0. The fourth-order valence-electron chi connectivity index (χ4n) is 1.85. The monoisotopic (exact) mass is 301 g/mol. The molecule has 1 aliphatic rings. The second-order valence-electron chi connectivity index (χ2n) is 4.19. The molecule has 0 atom stereocenters. The molecular weight excluding hydrogens is 292 g/mol. The summed E-state index contributed by atoms with van der Waals surface area (Å²) in [6, 6.07) is 2.12. The molecule has 3 nitrogen and oxygen atoms in total. The van der Waals surface area contributed by atoms with Crippen LogP contribution in [0.2, 0.25) is 0 Å². The third kappa shape index (κ3) is 2.15. The minimum absolute atomic E-state index is 0.104. The van der Waals surface area contributed by atoms with Gasteiger partial charge in [0.1, 0.15) is 12.4 Å². The lowest BCUT2D eigenvalue weighted by Gasteiger charge is -2.33. The van der Waals surface area contributed by atoms with Crippen molar-refractivity contribution in [2.24, 2.45) is 0 Å². The molecule has 1 heterocycles. The first kappa shape index (κ1) is 14.8. The van der Waals surface area contributed by atoms with E-state index in [4.69, 9.17) is 4.74 Å². The maximum atomic E-state index is 12.7. The highest BCUT2D eigenvalue weighted by atomic mass is 19.4. The van der Waals surface area contributed by atoms with Crippen LogP contribution in [-0.2, 0) is 5.60 Å². The van der Waals surface area contributed by atoms with Crippen LogP contribution in [0.5, 0.6) is 5.75 Å². The zero-order valence-corrected chi connectivity index (χ0v) is 9.77. The number of aliphatic hydroxyl groups is 1. The van der Waals surface area contributed by atoms with Crippen molar-refractivity contribution in [3.05, 3.63) is 23.8 Å². The molecule has 0 unspecified atom stereocenters. The average molecular weight is 301 g/mol. The van der Waals surface area contributed by atoms with E-state index in [2.05, 4.69) is 5.32 Å². The van der Waals surface area contributed by atoms with Crippen LogP contribution in [0, 0.1) is 0 Å². The number of rotatable bonds is 1. The SMILES string of the molecule is OC(c1ccc2c(c1)OCCN2)(C(F)(F)F)C(F)(F)F. The van der Waals surface area contributed by atoms with Gasteiger partial charge < -0.3 is 15.2 Å². The maximum Gasteiger partial charge on any atom is 0.430 e. The van der Waals surface area contributed by atoms with Crippen LogP contribution in [0.15, 0.2) is 18.2 Å². The summed E-state index contributed by atoms with van der Waals surface area (Å²) in [6.45, 7) is 0.488. The lowest BCUT2D eigenvalue weighted by molar-refractivity contribution is -0.376. The molecule has 1 aromatic rings. The van der Waals surface area contributed by atoms with Gasteiger partial charge in [0.15, 0.2) is 0 Å². The molecule has 0 radical (unpaired) electrons. The molecule has 1 aromatic carbocycles. The summed E-state index contributed by atoms with van der Waals surface area (Å²) >= 11 is 0. The van der Waals surface area contributed by atoms with Crippen LogP contribution < -0.4 is 10.1 Å². The summed E-state index contributed by atoms with van der Waals surface area (Å²) in [6.07, 6.45) is -11.8. The molecule has 0 spiro atoms. The van der Waals surface area contributed by atoms with Gasteiger partial charge in [-0.05, 0) is 12.1 Å². The minimum Gasteiger partial charge on any atom is -0.490 e. The molecule has 0 bridgehead atoms. The Morgan fingerprint density at radius 2 is 1.65 bits per heavy atom. The Bertz CT molecular complexity index is 497. The van der Waals surface area contributed by atoms with Crippen LogP contribution in [0.4, 0.5) is 32.0 Å². The lowest BCUT2D eigenvalue weighted by Crippen LogP contribution is -2.53. The number of benzene rings is 1. The lowest BCUT2D eigenvalue weighted by atomic mass is 9.91. The minimum atomic E-state index is -5.90. The van der Waals surface area contributed by atoms with E-state index in [9.17, 15) is 31.4 Å². The molecule has 0 aromatic heterocycles. The number of halogens is 6. The molecule has 1 aliphatic heterocycles. The van der Waals surface area contributed by atoms with Crippen molar-refractivity contribution in [2.75, 3.05) is 18.5 Å². The Morgan fingerprint density at radius 3 is 2.20 bits per heavy atom. The van der Waals surface area contributed by atoms with Gasteiger partial charge in [-0.2, -0.15) is 26.3 Å². The third-order valence-corrected chi connectivity index (χ3v) is 2.89. The van der Waals surface area contributed by atoms with Gasteiger partial charge >= 0.3 is 12.4 Å². The van der Waals surface area contributed by atoms with E-state index in [1.165, 1.54) is 0 Å². The highest BCUT2D eigenvalue weighted by Crippen LogP contribution is 2.51. The Labute approximate surface area is 109 Å². The molecule has 0 amide bonds. The van der Waals surface area contributed by atoms with E-state index < -0.39 is 23.5 Å². The van der Waals surface area contributed by atoms with Crippen LogP contribution in [0.25, 0.3) is 0 Å². The van der Waals surface area contributed by atoms with Gasteiger partial charge in [0.25, 0.3) is 5.60 Å². The third-order valence-electron chi connectivity index (χ3n) is 2.89. The van der Waals surface area contributed by atoms with Gasteiger partial charge in [-0.3, -0.25) is 0 Å². The number of nitrogens with one attached hydrogen (secondary N) is 1. The molecule has 0 aliphatic carbocycles. The van der Waals surface area contributed by atoms with E-state index >= 15 is 0 Å². The zero-order chi connectivity index (χ0) is 15.2. The van der Waals surface area contributed by atoms with Crippen molar-refractivity contribution in [3.63, 3.8) is 0 Å². The van der Waals surface area contributed by atoms with Gasteiger partial charge in [-0.25, -0.2) is 0 Å². The summed E-state index contributed by atoms with van der Waals surface area (Å²) in [5.74, 6) is -0.166. The number of hydrogen-bond acceptors (Lipinski definition) is 3. The summed E-state index contributed by atoms with van der Waals surface area (Å²) in [5.41, 5.74) is -6.00. The van der Waals surface area contributed by atoms with Crippen molar-refractivity contribution in [1.82, 2.24) is 0 Å². The average Bonchev–Trinajstić information content (AvgIpc) is 2.34. The topological polar surface area (TPSA) is 41.5 Å². The first-order valence-electron chi connectivity index (χ1n) is 5.44. The molecule has 112 valence electrons. The van der Waals surface area contributed by atoms with Gasteiger partial charge in [-0.15, -0.1) is 0 Å². The number of anilines is 1. The quantitative estimate of drug-likeness (QED) is 0.784.